The molecule has 0 atom stereocenters. The van der Waals surface area contributed by atoms with E-state index in [-0.39, 0.29) is 0 Å². The molecule has 3 heteroatoms. The summed E-state index contributed by atoms with van der Waals surface area (Å²) in [6, 6.07) is 71.9. The number of hydrogen-bond acceptors (Lipinski definition) is 1. The largest absolute Gasteiger partial charge is 0.308 e. The summed E-state index contributed by atoms with van der Waals surface area (Å²) >= 11 is 1.90. The van der Waals surface area contributed by atoms with Gasteiger partial charge in [0.1, 0.15) is 0 Å². The quantitative estimate of drug-likeness (QED) is 0.170. The summed E-state index contributed by atoms with van der Waals surface area (Å²) in [5, 5.41) is 10.3. The molecule has 0 aliphatic carbocycles. The Hall–Kier alpha value is -7.20. The topological polar surface area (TPSA) is 9.34 Å². The van der Waals surface area contributed by atoms with Gasteiger partial charge in [0.05, 0.1) is 27.6 Å². The second-order valence-corrected chi connectivity index (χ2v) is 16.2. The molecular weight excluding hydrogens is 709 g/mol. The fourth-order valence-corrected chi connectivity index (χ4v) is 11.1. The number of fused-ring (bicyclic) bond motifs is 9. The van der Waals surface area contributed by atoms with Crippen LogP contribution in [0.3, 0.4) is 0 Å². The Balaban J connectivity index is 1.24. The molecule has 4 aromatic heterocycles. The Bertz CT molecular complexity index is 3750. The third kappa shape index (κ3) is 4.24. The lowest BCUT2D eigenvalue weighted by Crippen LogP contribution is -1.97. The lowest BCUT2D eigenvalue weighted by molar-refractivity contribution is 1.18. The molecular formula is C54H32N2S. The summed E-state index contributed by atoms with van der Waals surface area (Å²) in [5.74, 6) is 0. The third-order valence-corrected chi connectivity index (χ3v) is 13.5. The summed E-state index contributed by atoms with van der Waals surface area (Å²) in [6.07, 6.45) is 0. The van der Waals surface area contributed by atoms with Crippen LogP contribution in [0.5, 0.6) is 0 Å². The minimum Gasteiger partial charge on any atom is -0.308 e. The van der Waals surface area contributed by atoms with Crippen LogP contribution in [0.4, 0.5) is 0 Å². The standard InChI is InChI=1S/C54H32N2S/c1-2-15-33(16-3-1)36-19-4-5-20-37(36)34-17-12-18-35(31-34)55-48-29-14-24-41-38-21-6-9-27-46(38)56-47-28-10-7-22-39(47)44-32-45(52(55)51(50(41)48)53(44)56)43-26-13-25-42-40-23-8-11-30-49(40)57-54(42)43/h1-32H. The van der Waals surface area contributed by atoms with Crippen molar-refractivity contribution in [3.05, 3.63) is 194 Å². The minimum absolute atomic E-state index is 1.15. The van der Waals surface area contributed by atoms with Gasteiger partial charge in [-0.1, -0.05) is 152 Å². The van der Waals surface area contributed by atoms with Gasteiger partial charge in [0, 0.05) is 63.9 Å². The molecule has 0 amide bonds. The Morgan fingerprint density at radius 1 is 0.333 bits per heavy atom. The zero-order valence-corrected chi connectivity index (χ0v) is 31.6. The lowest BCUT2D eigenvalue weighted by Gasteiger charge is -2.16. The van der Waals surface area contributed by atoms with E-state index in [9.17, 15) is 0 Å². The SMILES string of the molecule is c1ccc(-c2ccccc2-c2cccc(-n3c4cccc5c6ccccc6n6c7ccccc7c7cc(-c8cccc9c8sc8ccccc89)c3c(c54)c76)c2)cc1. The van der Waals surface area contributed by atoms with Crippen LogP contribution in [0, 0.1) is 0 Å². The molecule has 0 radical (unpaired) electrons. The Morgan fingerprint density at radius 3 is 1.74 bits per heavy atom. The smallest absolute Gasteiger partial charge is 0.0642 e. The Morgan fingerprint density at radius 2 is 0.912 bits per heavy atom. The molecule has 2 nitrogen and oxygen atoms in total. The van der Waals surface area contributed by atoms with Crippen molar-refractivity contribution in [2.24, 2.45) is 0 Å². The molecule has 0 bridgehead atoms. The summed E-state index contributed by atoms with van der Waals surface area (Å²) in [7, 11) is 0. The number of para-hydroxylation sites is 2. The van der Waals surface area contributed by atoms with Gasteiger partial charge in [-0.05, 0) is 70.1 Å². The van der Waals surface area contributed by atoms with Crippen molar-refractivity contribution in [1.29, 1.82) is 0 Å². The molecule has 0 spiro atoms. The normalized spacial score (nSPS) is 12.2. The van der Waals surface area contributed by atoms with E-state index in [2.05, 4.69) is 203 Å². The average molecular weight is 741 g/mol. The first-order chi connectivity index (χ1) is 28.3. The first-order valence-electron chi connectivity index (χ1n) is 19.6. The zero-order valence-electron chi connectivity index (χ0n) is 30.8. The fraction of sp³-hybridized carbons (Fsp3) is 0. The number of nitrogens with zero attached hydrogens (tertiary/aromatic N) is 2. The summed E-state index contributed by atoms with van der Waals surface area (Å²) in [5.41, 5.74) is 14.7. The molecule has 9 aromatic carbocycles. The van der Waals surface area contributed by atoms with Crippen LogP contribution in [0.25, 0.3) is 119 Å². The number of benzene rings is 9. The van der Waals surface area contributed by atoms with Crippen molar-refractivity contribution >= 4 is 91.4 Å². The molecule has 0 fully saturated rings. The molecule has 0 saturated heterocycles. The number of hydrogen-bond donors (Lipinski definition) is 0. The summed E-state index contributed by atoms with van der Waals surface area (Å²) < 4.78 is 7.75. The van der Waals surface area contributed by atoms with E-state index < -0.39 is 0 Å². The van der Waals surface area contributed by atoms with Gasteiger partial charge >= 0.3 is 0 Å². The van der Waals surface area contributed by atoms with Gasteiger partial charge < -0.3 is 8.97 Å². The molecule has 0 aliphatic rings. The van der Waals surface area contributed by atoms with Crippen LogP contribution < -0.4 is 0 Å². The molecule has 0 aliphatic heterocycles. The van der Waals surface area contributed by atoms with E-state index in [1.54, 1.807) is 0 Å². The van der Waals surface area contributed by atoms with Gasteiger partial charge in [0.15, 0.2) is 0 Å². The maximum atomic E-state index is 2.57. The predicted molar refractivity (Wildman–Crippen MR) is 245 cm³/mol. The second kappa shape index (κ2) is 11.7. The van der Waals surface area contributed by atoms with E-state index in [4.69, 9.17) is 0 Å². The Kier molecular flexibility index (Phi) is 6.35. The molecule has 0 N–H and O–H groups in total. The monoisotopic (exact) mass is 740 g/mol. The van der Waals surface area contributed by atoms with E-state index in [0.29, 0.717) is 0 Å². The number of thiophene rings is 1. The van der Waals surface area contributed by atoms with Crippen LogP contribution in [-0.2, 0) is 0 Å². The maximum Gasteiger partial charge on any atom is 0.0642 e. The minimum atomic E-state index is 1.15. The highest BCUT2D eigenvalue weighted by molar-refractivity contribution is 7.26. The van der Waals surface area contributed by atoms with Crippen molar-refractivity contribution in [3.8, 4) is 39.1 Å². The first-order valence-corrected chi connectivity index (χ1v) is 20.4. The number of aromatic nitrogens is 2. The van der Waals surface area contributed by atoms with Gasteiger partial charge in [-0.2, -0.15) is 0 Å². The molecule has 13 rings (SSSR count). The molecule has 4 heterocycles. The predicted octanol–water partition coefficient (Wildman–Crippen LogP) is 15.3. The van der Waals surface area contributed by atoms with Crippen molar-refractivity contribution in [2.45, 2.75) is 0 Å². The highest BCUT2D eigenvalue weighted by atomic mass is 32.1. The van der Waals surface area contributed by atoms with E-state index in [1.165, 1.54) is 113 Å². The van der Waals surface area contributed by atoms with Gasteiger partial charge in [-0.3, -0.25) is 0 Å². The highest BCUT2D eigenvalue weighted by Crippen LogP contribution is 2.51. The first kappa shape index (κ1) is 31.1. The van der Waals surface area contributed by atoms with Gasteiger partial charge in [0.25, 0.3) is 0 Å². The van der Waals surface area contributed by atoms with Crippen LogP contribution in [0.15, 0.2) is 194 Å². The molecule has 13 aromatic rings. The summed E-state index contributed by atoms with van der Waals surface area (Å²) in [6.45, 7) is 0. The molecule has 0 unspecified atom stereocenters. The fourth-order valence-electron chi connectivity index (χ4n) is 9.92. The second-order valence-electron chi connectivity index (χ2n) is 15.2. The van der Waals surface area contributed by atoms with Gasteiger partial charge in [-0.15, -0.1) is 11.3 Å². The van der Waals surface area contributed by atoms with E-state index in [0.717, 1.165) is 5.69 Å². The summed E-state index contributed by atoms with van der Waals surface area (Å²) in [4.78, 5) is 0. The van der Waals surface area contributed by atoms with Crippen LogP contribution in [-0.4, -0.2) is 8.97 Å². The van der Waals surface area contributed by atoms with Gasteiger partial charge in [0.2, 0.25) is 0 Å². The van der Waals surface area contributed by atoms with Crippen molar-refractivity contribution in [1.82, 2.24) is 8.97 Å². The van der Waals surface area contributed by atoms with Crippen molar-refractivity contribution in [2.75, 3.05) is 0 Å². The van der Waals surface area contributed by atoms with Gasteiger partial charge in [-0.25, -0.2) is 0 Å². The average Bonchev–Trinajstić information content (AvgIpc) is 3.92. The Labute approximate surface area is 332 Å². The molecule has 57 heavy (non-hydrogen) atoms. The van der Waals surface area contributed by atoms with E-state index in [1.807, 2.05) is 11.3 Å². The third-order valence-electron chi connectivity index (χ3n) is 12.2. The molecule has 264 valence electrons. The van der Waals surface area contributed by atoms with Crippen LogP contribution in [0.2, 0.25) is 0 Å². The highest BCUT2D eigenvalue weighted by Gasteiger charge is 2.27. The van der Waals surface area contributed by atoms with Crippen LogP contribution in [0.1, 0.15) is 0 Å². The molecule has 0 saturated carbocycles. The lowest BCUT2D eigenvalue weighted by atomic mass is 9.94. The zero-order chi connectivity index (χ0) is 37.2. The van der Waals surface area contributed by atoms with Crippen molar-refractivity contribution in [3.63, 3.8) is 0 Å². The maximum absolute atomic E-state index is 2.57. The van der Waals surface area contributed by atoms with E-state index >= 15 is 0 Å². The number of rotatable bonds is 4. The van der Waals surface area contributed by atoms with Crippen molar-refractivity contribution < 1.29 is 0 Å². The van der Waals surface area contributed by atoms with Crippen LogP contribution >= 0.6 is 11.3 Å².